The number of hydrogen-bond acceptors (Lipinski definition) is 6. The van der Waals surface area contributed by atoms with Crippen LogP contribution in [0.5, 0.6) is 0 Å². The number of carbonyl (C=O) groups is 1. The highest BCUT2D eigenvalue weighted by Gasteiger charge is 2.12. The second-order valence-corrected chi connectivity index (χ2v) is 6.38. The van der Waals surface area contributed by atoms with Crippen molar-refractivity contribution in [1.82, 2.24) is 14.7 Å². The van der Waals surface area contributed by atoms with E-state index >= 15 is 0 Å². The van der Waals surface area contributed by atoms with E-state index < -0.39 is 12.1 Å². The average molecular weight is 338 g/mol. The summed E-state index contributed by atoms with van der Waals surface area (Å²) in [6.07, 6.45) is 1.12. The van der Waals surface area contributed by atoms with Crippen LogP contribution >= 0.6 is 23.3 Å². The van der Waals surface area contributed by atoms with E-state index in [1.165, 1.54) is 11.8 Å². The molecule has 0 saturated heterocycles. The number of hydrogen-bond donors (Lipinski definition) is 3. The molecule has 0 aliphatic rings. The van der Waals surface area contributed by atoms with E-state index in [2.05, 4.69) is 20.0 Å². The fourth-order valence-electron chi connectivity index (χ4n) is 1.99. The molecule has 0 fully saturated rings. The highest BCUT2D eigenvalue weighted by atomic mass is 32.2. The molecule has 0 aliphatic carbocycles. The maximum Gasteiger partial charge on any atom is 0.321 e. The molecule has 1 unspecified atom stereocenters. The fourth-order valence-corrected chi connectivity index (χ4v) is 3.12. The first-order valence-electron chi connectivity index (χ1n) is 6.66. The zero-order valence-electron chi connectivity index (χ0n) is 12.6. The number of urea groups is 1. The first kappa shape index (κ1) is 16.7. The summed E-state index contributed by atoms with van der Waals surface area (Å²) in [5, 5.41) is 16.4. The minimum atomic E-state index is -0.750. The normalized spacial score (nSPS) is 12.0. The van der Waals surface area contributed by atoms with E-state index in [4.69, 9.17) is 0 Å². The molecule has 1 aromatic heterocycles. The Morgan fingerprint density at radius 1 is 1.36 bits per heavy atom. The van der Waals surface area contributed by atoms with Crippen molar-refractivity contribution >= 4 is 34.5 Å². The second-order valence-electron chi connectivity index (χ2n) is 4.86. The van der Waals surface area contributed by atoms with E-state index in [9.17, 15) is 9.90 Å². The number of amides is 2. The molecule has 6 nitrogen and oxygen atoms in total. The summed E-state index contributed by atoms with van der Waals surface area (Å²) < 4.78 is 4.05. The van der Waals surface area contributed by atoms with Crippen LogP contribution < -0.4 is 10.6 Å². The summed E-state index contributed by atoms with van der Waals surface area (Å²) in [4.78, 5) is 15.9. The van der Waals surface area contributed by atoms with Crippen LogP contribution in [0.3, 0.4) is 0 Å². The molecule has 1 atom stereocenters. The smallest absolute Gasteiger partial charge is 0.321 e. The monoisotopic (exact) mass is 338 g/mol. The zero-order valence-corrected chi connectivity index (χ0v) is 14.2. The first-order chi connectivity index (χ1) is 10.5. The number of rotatable bonds is 5. The third-order valence-corrected chi connectivity index (χ3v) is 4.19. The topological polar surface area (TPSA) is 87.1 Å². The summed E-state index contributed by atoms with van der Waals surface area (Å²) >= 11 is 2.53. The molecular weight excluding hydrogens is 320 g/mol. The molecule has 8 heteroatoms. The predicted octanol–water partition coefficient (Wildman–Crippen LogP) is 2.73. The fraction of sp³-hybridized carbons (Fsp3) is 0.357. The summed E-state index contributed by atoms with van der Waals surface area (Å²) in [6, 6.07) is 5.45. The van der Waals surface area contributed by atoms with Gasteiger partial charge in [0.15, 0.2) is 0 Å². The lowest BCUT2D eigenvalue weighted by Gasteiger charge is -2.13. The van der Waals surface area contributed by atoms with Crippen LogP contribution in [0.4, 0.5) is 9.93 Å². The molecule has 0 spiro atoms. The number of thioether (sulfide) groups is 1. The van der Waals surface area contributed by atoms with Crippen molar-refractivity contribution < 1.29 is 9.90 Å². The van der Waals surface area contributed by atoms with E-state index in [0.29, 0.717) is 10.3 Å². The lowest BCUT2D eigenvalue weighted by Crippen LogP contribution is -2.32. The molecule has 0 saturated carbocycles. The number of nitrogens with zero attached hydrogens (tertiary/aromatic N) is 2. The molecule has 1 aromatic carbocycles. The third-order valence-electron chi connectivity index (χ3n) is 2.90. The van der Waals surface area contributed by atoms with Gasteiger partial charge < -0.3 is 10.4 Å². The molecule has 118 valence electrons. The zero-order chi connectivity index (χ0) is 16.1. The van der Waals surface area contributed by atoms with Gasteiger partial charge in [-0.3, -0.25) is 5.32 Å². The van der Waals surface area contributed by atoms with E-state index in [1.807, 2.05) is 38.3 Å². The van der Waals surface area contributed by atoms with Crippen molar-refractivity contribution in [2.75, 3.05) is 18.1 Å². The SMILES string of the molecule is CSc1nsc(NC(=O)NCC(O)c2cc(C)cc(C)c2)n1. The molecule has 3 N–H and O–H groups in total. The standard InChI is InChI=1S/C14H18N4O2S2/c1-8-4-9(2)6-10(5-8)11(19)7-15-12(20)16-13-17-14(21-3)18-22-13/h4-6,11,19H,7H2,1-3H3,(H2,15,16,17,18,20). The van der Waals surface area contributed by atoms with Gasteiger partial charge in [-0.2, -0.15) is 9.36 Å². The Morgan fingerprint density at radius 3 is 2.64 bits per heavy atom. The average Bonchev–Trinajstić information content (AvgIpc) is 2.91. The van der Waals surface area contributed by atoms with Gasteiger partial charge >= 0.3 is 6.03 Å². The summed E-state index contributed by atoms with van der Waals surface area (Å²) in [6.45, 7) is 4.08. The third kappa shape index (κ3) is 4.69. The molecule has 1 heterocycles. The Bertz CT molecular complexity index is 640. The lowest BCUT2D eigenvalue weighted by molar-refractivity contribution is 0.175. The Hall–Kier alpha value is -1.64. The van der Waals surface area contributed by atoms with Gasteiger partial charge in [0.05, 0.1) is 6.10 Å². The second kappa shape index (κ2) is 7.57. The maximum absolute atomic E-state index is 11.8. The van der Waals surface area contributed by atoms with Crippen LogP contribution in [-0.2, 0) is 0 Å². The summed E-state index contributed by atoms with van der Waals surface area (Å²) in [5.41, 5.74) is 2.95. The molecule has 22 heavy (non-hydrogen) atoms. The number of nitrogens with one attached hydrogen (secondary N) is 2. The van der Waals surface area contributed by atoms with Crippen molar-refractivity contribution in [3.63, 3.8) is 0 Å². The number of anilines is 1. The molecule has 2 rings (SSSR count). The van der Waals surface area contributed by atoms with Gasteiger partial charge in [-0.25, -0.2) is 4.79 Å². The van der Waals surface area contributed by atoms with E-state index in [1.54, 1.807) is 0 Å². The van der Waals surface area contributed by atoms with Crippen molar-refractivity contribution in [1.29, 1.82) is 0 Å². The Balaban J connectivity index is 1.87. The number of benzene rings is 1. The van der Waals surface area contributed by atoms with E-state index in [-0.39, 0.29) is 6.54 Å². The molecule has 0 bridgehead atoms. The number of aromatic nitrogens is 2. The largest absolute Gasteiger partial charge is 0.387 e. The van der Waals surface area contributed by atoms with Crippen LogP contribution in [0.25, 0.3) is 0 Å². The van der Waals surface area contributed by atoms with Crippen LogP contribution in [0.2, 0.25) is 0 Å². The van der Waals surface area contributed by atoms with Gasteiger partial charge in [0.2, 0.25) is 10.3 Å². The predicted molar refractivity (Wildman–Crippen MR) is 89.6 cm³/mol. The minimum absolute atomic E-state index is 0.128. The van der Waals surface area contributed by atoms with Gasteiger partial charge in [0.1, 0.15) is 0 Å². The number of aryl methyl sites for hydroxylation is 2. The highest BCUT2D eigenvalue weighted by Crippen LogP contribution is 2.18. The molecule has 0 aliphatic heterocycles. The highest BCUT2D eigenvalue weighted by molar-refractivity contribution is 7.98. The van der Waals surface area contributed by atoms with Gasteiger partial charge in [0.25, 0.3) is 0 Å². The molecule has 2 amide bonds. The van der Waals surface area contributed by atoms with Gasteiger partial charge in [-0.05, 0) is 25.7 Å². The van der Waals surface area contributed by atoms with Crippen LogP contribution in [0, 0.1) is 13.8 Å². The molecule has 2 aromatic rings. The van der Waals surface area contributed by atoms with Crippen LogP contribution in [0.1, 0.15) is 22.8 Å². The minimum Gasteiger partial charge on any atom is -0.387 e. The maximum atomic E-state index is 11.8. The Labute approximate surface area is 137 Å². The van der Waals surface area contributed by atoms with Gasteiger partial charge in [-0.1, -0.05) is 41.1 Å². The van der Waals surface area contributed by atoms with E-state index in [0.717, 1.165) is 28.2 Å². The Morgan fingerprint density at radius 2 is 2.05 bits per heavy atom. The number of carbonyl (C=O) groups excluding carboxylic acids is 1. The molecular formula is C14H18N4O2S2. The lowest BCUT2D eigenvalue weighted by atomic mass is 10.0. The van der Waals surface area contributed by atoms with Gasteiger partial charge in [-0.15, -0.1) is 0 Å². The van der Waals surface area contributed by atoms with Crippen LogP contribution in [-0.4, -0.2) is 33.3 Å². The Kier molecular flexibility index (Phi) is 5.76. The van der Waals surface area contributed by atoms with Crippen molar-refractivity contribution in [2.45, 2.75) is 25.1 Å². The van der Waals surface area contributed by atoms with Gasteiger partial charge in [0, 0.05) is 18.1 Å². The number of aliphatic hydroxyl groups is 1. The van der Waals surface area contributed by atoms with Crippen LogP contribution in [0.15, 0.2) is 23.4 Å². The first-order valence-corrected chi connectivity index (χ1v) is 8.66. The number of aliphatic hydroxyl groups excluding tert-OH is 1. The van der Waals surface area contributed by atoms with Crippen molar-refractivity contribution in [3.05, 3.63) is 34.9 Å². The molecule has 0 radical (unpaired) electrons. The van der Waals surface area contributed by atoms with Crippen molar-refractivity contribution in [2.24, 2.45) is 0 Å². The quantitative estimate of drug-likeness (QED) is 0.730. The summed E-state index contributed by atoms with van der Waals surface area (Å²) in [5.74, 6) is 0. The summed E-state index contributed by atoms with van der Waals surface area (Å²) in [7, 11) is 0. The van der Waals surface area contributed by atoms with Crippen molar-refractivity contribution in [3.8, 4) is 0 Å².